The van der Waals surface area contributed by atoms with Gasteiger partial charge in [0, 0.05) is 34.9 Å². The molecule has 0 saturated carbocycles. The molecule has 0 bridgehead atoms. The summed E-state index contributed by atoms with van der Waals surface area (Å²) < 4.78 is 38.8. The Morgan fingerprint density at radius 1 is 1.07 bits per heavy atom. The van der Waals surface area contributed by atoms with Crippen LogP contribution in [0, 0.1) is 0 Å². The van der Waals surface area contributed by atoms with Gasteiger partial charge in [0.2, 0.25) is 0 Å². The molecule has 0 atom stereocenters. The lowest BCUT2D eigenvalue weighted by Crippen LogP contribution is -2.29. The van der Waals surface area contributed by atoms with Gasteiger partial charge >= 0.3 is 6.18 Å². The fourth-order valence-corrected chi connectivity index (χ4v) is 3.26. The zero-order valence-electron chi connectivity index (χ0n) is 15.2. The quantitative estimate of drug-likeness (QED) is 0.484. The topological polar surface area (TPSA) is 83.8 Å². The SMILES string of the molecule is NCCNC(=O)c1cc2c([nH]c3ccccc32)c(-c2ccc(C(F)(F)F)cc2)n1. The van der Waals surface area contributed by atoms with Crippen LogP contribution < -0.4 is 11.1 Å². The largest absolute Gasteiger partial charge is 0.416 e. The van der Waals surface area contributed by atoms with Gasteiger partial charge < -0.3 is 16.0 Å². The number of para-hydroxylation sites is 1. The first kappa shape index (κ1) is 18.9. The van der Waals surface area contributed by atoms with Crippen LogP contribution in [0.3, 0.4) is 0 Å². The molecule has 148 valence electrons. The number of pyridine rings is 1. The molecule has 0 unspecified atom stereocenters. The fourth-order valence-electron chi connectivity index (χ4n) is 3.26. The van der Waals surface area contributed by atoms with Gasteiger partial charge in [0.25, 0.3) is 5.91 Å². The minimum absolute atomic E-state index is 0.172. The van der Waals surface area contributed by atoms with Crippen LogP contribution in [-0.4, -0.2) is 29.0 Å². The van der Waals surface area contributed by atoms with E-state index in [1.165, 1.54) is 12.1 Å². The summed E-state index contributed by atoms with van der Waals surface area (Å²) in [6, 6.07) is 14.0. The summed E-state index contributed by atoms with van der Waals surface area (Å²) in [4.78, 5) is 20.2. The summed E-state index contributed by atoms with van der Waals surface area (Å²) in [6.45, 7) is 0.578. The third-order valence-electron chi connectivity index (χ3n) is 4.64. The molecular formula is C21H17F3N4O. The molecule has 4 N–H and O–H groups in total. The number of amides is 1. The average Bonchev–Trinajstić information content (AvgIpc) is 3.09. The minimum Gasteiger partial charge on any atom is -0.353 e. The number of hydrogen-bond acceptors (Lipinski definition) is 3. The second-order valence-electron chi connectivity index (χ2n) is 6.57. The van der Waals surface area contributed by atoms with E-state index in [1.807, 2.05) is 24.3 Å². The first-order valence-corrected chi connectivity index (χ1v) is 8.96. The van der Waals surface area contributed by atoms with Crippen LogP contribution in [0.2, 0.25) is 0 Å². The third-order valence-corrected chi connectivity index (χ3v) is 4.64. The van der Waals surface area contributed by atoms with Crippen molar-refractivity contribution >= 4 is 27.7 Å². The van der Waals surface area contributed by atoms with Crippen molar-refractivity contribution in [2.75, 3.05) is 13.1 Å². The molecule has 0 aliphatic carbocycles. The summed E-state index contributed by atoms with van der Waals surface area (Å²) in [7, 11) is 0. The van der Waals surface area contributed by atoms with Crippen molar-refractivity contribution in [1.29, 1.82) is 0 Å². The summed E-state index contributed by atoms with van der Waals surface area (Å²) in [5.74, 6) is -0.393. The molecule has 1 amide bonds. The Morgan fingerprint density at radius 3 is 2.48 bits per heavy atom. The lowest BCUT2D eigenvalue weighted by Gasteiger charge is -2.10. The van der Waals surface area contributed by atoms with Gasteiger partial charge in [-0.2, -0.15) is 13.2 Å². The number of carbonyl (C=O) groups excluding carboxylic acids is 1. The number of nitrogens with zero attached hydrogens (tertiary/aromatic N) is 1. The van der Waals surface area contributed by atoms with E-state index in [4.69, 9.17) is 5.73 Å². The molecule has 29 heavy (non-hydrogen) atoms. The van der Waals surface area contributed by atoms with E-state index in [2.05, 4.69) is 15.3 Å². The second kappa shape index (κ2) is 7.21. The highest BCUT2D eigenvalue weighted by atomic mass is 19.4. The van der Waals surface area contributed by atoms with Crippen molar-refractivity contribution in [1.82, 2.24) is 15.3 Å². The number of halogens is 3. The van der Waals surface area contributed by atoms with Crippen LogP contribution in [0.5, 0.6) is 0 Å². The van der Waals surface area contributed by atoms with Gasteiger partial charge in [-0.3, -0.25) is 4.79 Å². The number of carbonyl (C=O) groups is 1. The van der Waals surface area contributed by atoms with Crippen LogP contribution in [0.1, 0.15) is 16.1 Å². The van der Waals surface area contributed by atoms with Crippen LogP contribution in [-0.2, 0) is 6.18 Å². The van der Waals surface area contributed by atoms with Gasteiger partial charge in [-0.1, -0.05) is 30.3 Å². The maximum Gasteiger partial charge on any atom is 0.416 e. The van der Waals surface area contributed by atoms with Crippen molar-refractivity contribution in [3.8, 4) is 11.3 Å². The predicted molar refractivity (Wildman–Crippen MR) is 105 cm³/mol. The molecule has 4 rings (SSSR count). The molecule has 5 nitrogen and oxygen atoms in total. The standard InChI is InChI=1S/C21H17F3N4O/c22-21(23,24)13-7-5-12(6-8-13)18-19-15(14-3-1-2-4-16(14)27-19)11-17(28-18)20(29)26-10-9-25/h1-8,11,27H,9-10,25H2,(H,26,29). The van der Waals surface area contributed by atoms with Crippen molar-refractivity contribution < 1.29 is 18.0 Å². The van der Waals surface area contributed by atoms with E-state index in [1.54, 1.807) is 6.07 Å². The molecule has 0 spiro atoms. The Bertz CT molecular complexity index is 1200. The monoisotopic (exact) mass is 398 g/mol. The molecule has 2 aromatic heterocycles. The number of H-pyrrole nitrogens is 1. The summed E-state index contributed by atoms with van der Waals surface area (Å²) >= 11 is 0. The number of benzene rings is 2. The number of nitrogens with two attached hydrogens (primary N) is 1. The highest BCUT2D eigenvalue weighted by molar-refractivity contribution is 6.13. The van der Waals surface area contributed by atoms with Crippen molar-refractivity contribution in [3.05, 3.63) is 65.9 Å². The Hall–Kier alpha value is -3.39. The number of fused-ring (bicyclic) bond motifs is 3. The zero-order chi connectivity index (χ0) is 20.6. The van der Waals surface area contributed by atoms with Crippen LogP contribution >= 0.6 is 0 Å². The molecular weight excluding hydrogens is 381 g/mol. The van der Waals surface area contributed by atoms with Crippen LogP contribution in [0.15, 0.2) is 54.6 Å². The van der Waals surface area contributed by atoms with Gasteiger partial charge in [-0.15, -0.1) is 0 Å². The van der Waals surface area contributed by atoms with E-state index >= 15 is 0 Å². The Morgan fingerprint density at radius 2 is 1.79 bits per heavy atom. The van der Waals surface area contributed by atoms with Crippen LogP contribution in [0.25, 0.3) is 33.1 Å². The maximum absolute atomic E-state index is 12.9. The molecule has 4 aromatic rings. The number of aromatic nitrogens is 2. The number of hydrogen-bond donors (Lipinski definition) is 3. The first-order chi connectivity index (χ1) is 13.9. The lowest BCUT2D eigenvalue weighted by molar-refractivity contribution is -0.137. The third kappa shape index (κ3) is 3.54. The molecule has 2 heterocycles. The number of aromatic amines is 1. The number of alkyl halides is 3. The summed E-state index contributed by atoms with van der Waals surface area (Å²) in [5.41, 5.74) is 7.25. The van der Waals surface area contributed by atoms with Gasteiger partial charge in [0.1, 0.15) is 5.69 Å². The van der Waals surface area contributed by atoms with E-state index in [9.17, 15) is 18.0 Å². The minimum atomic E-state index is -4.42. The second-order valence-corrected chi connectivity index (χ2v) is 6.57. The van der Waals surface area contributed by atoms with Gasteiger partial charge in [-0.25, -0.2) is 4.98 Å². The average molecular weight is 398 g/mol. The lowest BCUT2D eigenvalue weighted by atomic mass is 10.0. The smallest absolute Gasteiger partial charge is 0.353 e. The first-order valence-electron chi connectivity index (χ1n) is 8.96. The number of rotatable bonds is 4. The van der Waals surface area contributed by atoms with Crippen molar-refractivity contribution in [2.45, 2.75) is 6.18 Å². The molecule has 2 aromatic carbocycles. The van der Waals surface area contributed by atoms with Crippen LogP contribution in [0.4, 0.5) is 13.2 Å². The molecule has 0 fully saturated rings. The van der Waals surface area contributed by atoms with E-state index in [0.29, 0.717) is 23.3 Å². The molecule has 8 heteroatoms. The Balaban J connectivity index is 1.92. The van der Waals surface area contributed by atoms with Gasteiger partial charge in [0.05, 0.1) is 16.8 Å². The van der Waals surface area contributed by atoms with E-state index in [-0.39, 0.29) is 12.2 Å². The van der Waals surface area contributed by atoms with Gasteiger partial charge in [0.15, 0.2) is 0 Å². The normalized spacial score (nSPS) is 11.9. The van der Waals surface area contributed by atoms with E-state index < -0.39 is 17.6 Å². The molecule has 0 aliphatic heterocycles. The molecule has 0 saturated heterocycles. The van der Waals surface area contributed by atoms with Crippen molar-refractivity contribution in [3.63, 3.8) is 0 Å². The Kier molecular flexibility index (Phi) is 4.71. The molecule has 0 aliphatic rings. The fraction of sp³-hybridized carbons (Fsp3) is 0.143. The highest BCUT2D eigenvalue weighted by Crippen LogP contribution is 2.35. The molecule has 0 radical (unpaired) electrons. The predicted octanol–water partition coefficient (Wildman–Crippen LogP) is 4.09. The summed E-state index contributed by atoms with van der Waals surface area (Å²) in [6.07, 6.45) is -4.42. The maximum atomic E-state index is 12.9. The Labute approximate surface area is 163 Å². The summed E-state index contributed by atoms with van der Waals surface area (Å²) in [5, 5.41) is 4.34. The van der Waals surface area contributed by atoms with Crippen molar-refractivity contribution in [2.24, 2.45) is 5.73 Å². The zero-order valence-corrected chi connectivity index (χ0v) is 15.2. The highest BCUT2D eigenvalue weighted by Gasteiger charge is 2.30. The van der Waals surface area contributed by atoms with E-state index in [0.717, 1.165) is 28.4 Å². The number of nitrogens with one attached hydrogen (secondary N) is 2. The van der Waals surface area contributed by atoms with Gasteiger partial charge in [-0.05, 0) is 24.3 Å².